The van der Waals surface area contributed by atoms with E-state index in [-0.39, 0.29) is 28.2 Å². The van der Waals surface area contributed by atoms with Crippen LogP contribution in [0.15, 0.2) is 65.8 Å². The maximum atomic E-state index is 13.4. The van der Waals surface area contributed by atoms with Gasteiger partial charge >= 0.3 is 0 Å². The molecule has 0 saturated heterocycles. The van der Waals surface area contributed by atoms with Crippen LogP contribution in [0.4, 0.5) is 4.39 Å². The number of benzene rings is 3. The van der Waals surface area contributed by atoms with Crippen LogP contribution < -0.4 is 4.74 Å². The summed E-state index contributed by atoms with van der Waals surface area (Å²) < 4.78 is 20.9. The molecule has 4 rings (SSSR count). The largest absolute Gasteiger partial charge is 0.486 e. The first-order chi connectivity index (χ1) is 17.2. The van der Waals surface area contributed by atoms with Gasteiger partial charge in [0, 0.05) is 15.6 Å². The van der Waals surface area contributed by atoms with Crippen molar-refractivity contribution in [2.75, 3.05) is 6.54 Å². The van der Waals surface area contributed by atoms with Crippen LogP contribution in [0.3, 0.4) is 0 Å². The summed E-state index contributed by atoms with van der Waals surface area (Å²) in [4.78, 5) is 11.1. The fraction of sp³-hybridized carbons (Fsp3) is 0.167. The summed E-state index contributed by atoms with van der Waals surface area (Å²) in [5, 5.41) is 20.5. The summed E-state index contributed by atoms with van der Waals surface area (Å²) in [5.74, 6) is 0.436. The predicted molar refractivity (Wildman–Crippen MR) is 139 cm³/mol. The fourth-order valence-corrected chi connectivity index (χ4v) is 5.31. The van der Waals surface area contributed by atoms with Gasteiger partial charge < -0.3 is 4.74 Å². The Morgan fingerprint density at radius 3 is 2.31 bits per heavy atom. The van der Waals surface area contributed by atoms with Crippen LogP contribution >= 0.6 is 46.6 Å². The van der Waals surface area contributed by atoms with Gasteiger partial charge in [-0.2, -0.15) is 0 Å². The van der Waals surface area contributed by atoms with Crippen molar-refractivity contribution in [3.8, 4) is 11.4 Å². The predicted octanol–water partition coefficient (Wildman–Crippen LogP) is 7.36. The van der Waals surface area contributed by atoms with Crippen LogP contribution in [0.2, 0.25) is 15.1 Å². The molecule has 0 radical (unpaired) electrons. The molecule has 3 aromatic carbocycles. The molecule has 0 fully saturated rings. The monoisotopic (exact) mass is 566 g/mol. The zero-order valence-electron chi connectivity index (χ0n) is 18.7. The first-order valence-electron chi connectivity index (χ1n) is 10.5. The van der Waals surface area contributed by atoms with Crippen LogP contribution in [0.5, 0.6) is 5.75 Å². The highest BCUT2D eigenvalue weighted by Crippen LogP contribution is 2.42. The normalized spacial score (nSPS) is 11.9. The number of hydrogen-bond donors (Lipinski definition) is 0. The van der Waals surface area contributed by atoms with Crippen molar-refractivity contribution < 1.29 is 14.1 Å². The molecule has 4 aromatic rings. The number of nitrogens with zero attached hydrogens (tertiary/aromatic N) is 4. The van der Waals surface area contributed by atoms with E-state index >= 15 is 0 Å². The van der Waals surface area contributed by atoms with Crippen molar-refractivity contribution in [3.05, 3.63) is 109 Å². The minimum Gasteiger partial charge on any atom is -0.486 e. The van der Waals surface area contributed by atoms with E-state index in [1.54, 1.807) is 47.9 Å². The Bertz CT molecular complexity index is 1360. The lowest BCUT2D eigenvalue weighted by Gasteiger charge is -2.17. The molecule has 0 saturated carbocycles. The first kappa shape index (κ1) is 26.2. The Kier molecular flexibility index (Phi) is 8.35. The molecule has 0 bridgehead atoms. The van der Waals surface area contributed by atoms with Gasteiger partial charge in [0.15, 0.2) is 10.9 Å². The number of ether oxygens (including phenoxy) is 1. The Labute approximate surface area is 225 Å². The topological polar surface area (TPSA) is 83.1 Å². The highest BCUT2D eigenvalue weighted by atomic mass is 35.5. The van der Waals surface area contributed by atoms with E-state index in [1.807, 2.05) is 12.1 Å². The number of nitro groups is 1. The standard InChI is InChI=1S/C24H18Cl3FN4O3S/c1-14-29-30-24(32(14)19-8-6-18(28)7-9-19)36-22(12-31(33)34)16-10-20(26)23(21(27)11-16)35-13-15-2-4-17(25)5-3-15/h2-11,22H,12-13H2,1H3/t22-/m1/s1. The Morgan fingerprint density at radius 2 is 1.69 bits per heavy atom. The van der Waals surface area contributed by atoms with E-state index in [9.17, 15) is 14.5 Å². The number of aromatic nitrogens is 3. The molecule has 1 heterocycles. The SMILES string of the molecule is Cc1nnc(S[C@H](C[N+](=O)[O-])c2cc(Cl)c(OCc3ccc(Cl)cc3)c(Cl)c2)n1-c1ccc(F)cc1. The molecule has 0 aliphatic rings. The number of hydrogen-bond acceptors (Lipinski definition) is 6. The van der Waals surface area contributed by atoms with Crippen LogP contribution in [-0.4, -0.2) is 26.2 Å². The van der Waals surface area contributed by atoms with Crippen LogP contribution in [0, 0.1) is 22.9 Å². The van der Waals surface area contributed by atoms with Crippen molar-refractivity contribution in [1.82, 2.24) is 14.8 Å². The third-order valence-electron chi connectivity index (χ3n) is 5.13. The lowest BCUT2D eigenvalue weighted by molar-refractivity contribution is -0.479. The Balaban J connectivity index is 1.61. The molecule has 0 aliphatic carbocycles. The summed E-state index contributed by atoms with van der Waals surface area (Å²) in [6.07, 6.45) is 0. The molecule has 0 spiro atoms. The molecule has 0 unspecified atom stereocenters. The molecule has 0 N–H and O–H groups in total. The first-order valence-corrected chi connectivity index (χ1v) is 12.5. The molecular weight excluding hydrogens is 550 g/mol. The summed E-state index contributed by atoms with van der Waals surface area (Å²) in [6.45, 7) is 1.53. The summed E-state index contributed by atoms with van der Waals surface area (Å²) in [6, 6.07) is 16.1. The van der Waals surface area contributed by atoms with Gasteiger partial charge in [0.25, 0.3) is 0 Å². The smallest absolute Gasteiger partial charge is 0.220 e. The van der Waals surface area contributed by atoms with E-state index in [0.717, 1.165) is 17.3 Å². The number of aryl methyl sites for hydroxylation is 1. The van der Waals surface area contributed by atoms with Gasteiger partial charge in [0.1, 0.15) is 23.5 Å². The van der Waals surface area contributed by atoms with Crippen LogP contribution in [0.25, 0.3) is 5.69 Å². The highest BCUT2D eigenvalue weighted by molar-refractivity contribution is 7.99. The minimum atomic E-state index is -0.692. The van der Waals surface area contributed by atoms with E-state index in [0.29, 0.717) is 27.3 Å². The average molecular weight is 568 g/mol. The van der Waals surface area contributed by atoms with Gasteiger partial charge in [-0.05, 0) is 66.6 Å². The summed E-state index contributed by atoms with van der Waals surface area (Å²) in [5.41, 5.74) is 2.02. The number of halogens is 4. The number of rotatable bonds is 9. The van der Waals surface area contributed by atoms with Crippen molar-refractivity contribution in [2.45, 2.75) is 23.9 Å². The molecule has 186 valence electrons. The Hall–Kier alpha value is -2.85. The summed E-state index contributed by atoms with van der Waals surface area (Å²) in [7, 11) is 0. The zero-order valence-corrected chi connectivity index (χ0v) is 21.8. The van der Waals surface area contributed by atoms with Crippen molar-refractivity contribution >= 4 is 46.6 Å². The van der Waals surface area contributed by atoms with Gasteiger partial charge in [0.05, 0.1) is 10.0 Å². The lowest BCUT2D eigenvalue weighted by atomic mass is 10.1. The van der Waals surface area contributed by atoms with Crippen LogP contribution in [0.1, 0.15) is 22.2 Å². The van der Waals surface area contributed by atoms with Gasteiger partial charge in [-0.1, -0.05) is 58.7 Å². The third kappa shape index (κ3) is 6.28. The Morgan fingerprint density at radius 1 is 1.06 bits per heavy atom. The molecule has 0 aliphatic heterocycles. The van der Waals surface area contributed by atoms with E-state index in [1.165, 1.54) is 12.1 Å². The van der Waals surface area contributed by atoms with E-state index < -0.39 is 16.7 Å². The fourth-order valence-electron chi connectivity index (χ4n) is 3.42. The lowest BCUT2D eigenvalue weighted by Crippen LogP contribution is -2.11. The highest BCUT2D eigenvalue weighted by Gasteiger charge is 2.26. The van der Waals surface area contributed by atoms with Crippen LogP contribution in [-0.2, 0) is 6.61 Å². The molecule has 1 aromatic heterocycles. The average Bonchev–Trinajstić information content (AvgIpc) is 3.19. The molecule has 36 heavy (non-hydrogen) atoms. The maximum absolute atomic E-state index is 13.4. The second-order valence-corrected chi connectivity index (χ2v) is 10.1. The van der Waals surface area contributed by atoms with Crippen molar-refractivity contribution in [3.63, 3.8) is 0 Å². The van der Waals surface area contributed by atoms with Gasteiger partial charge in [0.2, 0.25) is 6.54 Å². The van der Waals surface area contributed by atoms with Crippen molar-refractivity contribution in [2.24, 2.45) is 0 Å². The van der Waals surface area contributed by atoms with Crippen molar-refractivity contribution in [1.29, 1.82) is 0 Å². The molecule has 7 nitrogen and oxygen atoms in total. The zero-order chi connectivity index (χ0) is 25.8. The summed E-state index contributed by atoms with van der Waals surface area (Å²) >= 11 is 20.0. The third-order valence-corrected chi connectivity index (χ3v) is 7.13. The minimum absolute atomic E-state index is 0.211. The second-order valence-electron chi connectivity index (χ2n) is 7.69. The molecule has 12 heteroatoms. The quantitative estimate of drug-likeness (QED) is 0.119. The molecular formula is C24H18Cl3FN4O3S. The molecule has 1 atom stereocenters. The number of thioether (sulfide) groups is 1. The maximum Gasteiger partial charge on any atom is 0.220 e. The van der Waals surface area contributed by atoms with E-state index in [4.69, 9.17) is 39.5 Å². The second kappa shape index (κ2) is 11.5. The van der Waals surface area contributed by atoms with Gasteiger partial charge in [-0.3, -0.25) is 14.7 Å². The van der Waals surface area contributed by atoms with Gasteiger partial charge in [-0.15, -0.1) is 10.2 Å². The molecule has 0 amide bonds. The van der Waals surface area contributed by atoms with E-state index in [2.05, 4.69) is 10.2 Å². The van der Waals surface area contributed by atoms with Gasteiger partial charge in [-0.25, -0.2) is 4.39 Å².